The van der Waals surface area contributed by atoms with E-state index in [1.165, 1.54) is 0 Å². The third-order valence-corrected chi connectivity index (χ3v) is 1.38. The third-order valence-electron chi connectivity index (χ3n) is 0.977. The zero-order valence-corrected chi connectivity index (χ0v) is 7.63. The van der Waals surface area contributed by atoms with Crippen LogP contribution in [0.5, 0.6) is 0 Å². The molecule has 0 saturated heterocycles. The highest BCUT2D eigenvalue weighted by atomic mass is 31.1. The Morgan fingerprint density at radius 1 is 1.75 bits per heavy atom. The molecule has 0 heterocycles. The van der Waals surface area contributed by atoms with Crippen molar-refractivity contribution in [2.24, 2.45) is 0 Å². The van der Waals surface area contributed by atoms with E-state index >= 15 is 0 Å². The van der Waals surface area contributed by atoms with Gasteiger partial charge in [0, 0.05) is 16.7 Å². The summed E-state index contributed by atoms with van der Waals surface area (Å²) < 4.78 is 14.3. The molecule has 0 aliphatic heterocycles. The highest BCUT2D eigenvalue weighted by Crippen LogP contribution is 2.12. The predicted molar refractivity (Wildman–Crippen MR) is 43.6 cm³/mol. The Balaban J connectivity index is 3.38. The van der Waals surface area contributed by atoms with E-state index in [1.54, 1.807) is 6.92 Å². The van der Waals surface area contributed by atoms with E-state index in [4.69, 9.17) is 4.89 Å². The lowest BCUT2D eigenvalue weighted by Gasteiger charge is -1.99. The van der Waals surface area contributed by atoms with Crippen LogP contribution in [0.15, 0.2) is 12.2 Å². The van der Waals surface area contributed by atoms with Gasteiger partial charge >= 0.3 is 8.25 Å². The van der Waals surface area contributed by atoms with E-state index < -0.39 is 8.25 Å². The van der Waals surface area contributed by atoms with Crippen molar-refractivity contribution in [3.8, 4) is 0 Å². The standard InChI is InChI=1S/C6H10NO4P/c1-5(2)6(8)7-3-4-11-12(9)10/h1,3-4H2,2H3,(H-,7,8,9,10)/p+1. The number of nitrogens with one attached hydrogen (secondary N) is 1. The molecule has 1 atom stereocenters. The van der Waals surface area contributed by atoms with Gasteiger partial charge in [0.05, 0.1) is 0 Å². The second kappa shape index (κ2) is 5.83. The Labute approximate surface area is 71.4 Å². The van der Waals surface area contributed by atoms with Crippen LogP contribution in [0.25, 0.3) is 0 Å². The summed E-state index contributed by atoms with van der Waals surface area (Å²) in [6.07, 6.45) is 0. The molecule has 0 aromatic carbocycles. The first kappa shape index (κ1) is 11.2. The average Bonchev–Trinajstić information content (AvgIpc) is 1.97. The monoisotopic (exact) mass is 192 g/mol. The van der Waals surface area contributed by atoms with Gasteiger partial charge in [0.1, 0.15) is 6.61 Å². The molecule has 0 radical (unpaired) electrons. The van der Waals surface area contributed by atoms with Crippen molar-refractivity contribution in [2.45, 2.75) is 6.92 Å². The van der Waals surface area contributed by atoms with Crippen LogP contribution >= 0.6 is 8.25 Å². The summed E-state index contributed by atoms with van der Waals surface area (Å²) in [7, 11) is -2.57. The van der Waals surface area contributed by atoms with Crippen molar-refractivity contribution in [2.75, 3.05) is 13.2 Å². The van der Waals surface area contributed by atoms with E-state index in [1.807, 2.05) is 0 Å². The van der Waals surface area contributed by atoms with Crippen molar-refractivity contribution in [3.63, 3.8) is 0 Å². The number of carbonyl (C=O) groups is 1. The van der Waals surface area contributed by atoms with Gasteiger partial charge in [-0.25, -0.2) is 0 Å². The molecule has 0 spiro atoms. The second-order valence-electron chi connectivity index (χ2n) is 2.11. The van der Waals surface area contributed by atoms with E-state index in [0.717, 1.165) is 0 Å². The van der Waals surface area contributed by atoms with Crippen molar-refractivity contribution < 1.29 is 18.8 Å². The third kappa shape index (κ3) is 5.97. The lowest BCUT2D eigenvalue weighted by molar-refractivity contribution is -0.117. The topological polar surface area (TPSA) is 75.6 Å². The molecule has 68 valence electrons. The molecular weight excluding hydrogens is 181 g/mol. The minimum Gasteiger partial charge on any atom is -0.350 e. The smallest absolute Gasteiger partial charge is 0.350 e. The molecule has 0 aliphatic carbocycles. The fraction of sp³-hybridized carbons (Fsp3) is 0.500. The first-order valence-corrected chi connectivity index (χ1v) is 4.40. The van der Waals surface area contributed by atoms with E-state index in [-0.39, 0.29) is 19.1 Å². The molecule has 12 heavy (non-hydrogen) atoms. The van der Waals surface area contributed by atoms with Crippen LogP contribution in [-0.4, -0.2) is 24.0 Å². The van der Waals surface area contributed by atoms with Crippen LogP contribution in [0.3, 0.4) is 0 Å². The molecule has 1 amide bonds. The Bertz CT molecular complexity index is 204. The molecule has 6 heteroatoms. The summed E-state index contributed by atoms with van der Waals surface area (Å²) in [5.74, 6) is -0.285. The quantitative estimate of drug-likeness (QED) is 0.374. The number of hydrogen-bond donors (Lipinski definition) is 2. The normalized spacial score (nSPS) is 10.7. The van der Waals surface area contributed by atoms with Gasteiger partial charge in [-0.3, -0.25) is 4.79 Å². The SMILES string of the molecule is C=C(C)C(=O)NCCO[P+](=O)O. The van der Waals surface area contributed by atoms with Crippen LogP contribution in [0, 0.1) is 0 Å². The molecule has 0 saturated carbocycles. The summed E-state index contributed by atoms with van der Waals surface area (Å²) in [5.41, 5.74) is 0.392. The van der Waals surface area contributed by atoms with Crippen LogP contribution in [0.4, 0.5) is 0 Å². The molecule has 0 bridgehead atoms. The summed E-state index contributed by atoms with van der Waals surface area (Å²) in [4.78, 5) is 19.0. The summed E-state index contributed by atoms with van der Waals surface area (Å²) in [6, 6.07) is 0. The number of amides is 1. The van der Waals surface area contributed by atoms with Gasteiger partial charge in [-0.2, -0.15) is 0 Å². The highest BCUT2D eigenvalue weighted by molar-refractivity contribution is 7.32. The fourth-order valence-corrected chi connectivity index (χ4v) is 0.687. The van der Waals surface area contributed by atoms with Crippen molar-refractivity contribution in [1.29, 1.82) is 0 Å². The minimum absolute atomic E-state index is 0.0186. The van der Waals surface area contributed by atoms with E-state index in [2.05, 4.69) is 16.4 Å². The first-order valence-electron chi connectivity index (χ1n) is 3.27. The fourth-order valence-electron chi connectivity index (χ4n) is 0.439. The molecule has 0 aromatic heterocycles. The number of hydrogen-bond acceptors (Lipinski definition) is 3. The van der Waals surface area contributed by atoms with Gasteiger partial charge in [-0.15, -0.1) is 9.42 Å². The molecule has 1 unspecified atom stereocenters. The van der Waals surface area contributed by atoms with Gasteiger partial charge < -0.3 is 5.32 Å². The van der Waals surface area contributed by atoms with Gasteiger partial charge in [-0.1, -0.05) is 6.58 Å². The molecule has 0 fully saturated rings. The second-order valence-corrected chi connectivity index (χ2v) is 2.84. The van der Waals surface area contributed by atoms with Crippen molar-refractivity contribution in [3.05, 3.63) is 12.2 Å². The molecule has 0 rings (SSSR count). The Morgan fingerprint density at radius 2 is 2.33 bits per heavy atom. The maximum absolute atomic E-state index is 10.8. The first-order chi connectivity index (χ1) is 5.54. The lowest BCUT2D eigenvalue weighted by Crippen LogP contribution is -2.26. The Kier molecular flexibility index (Phi) is 5.45. The molecule has 2 N–H and O–H groups in total. The predicted octanol–water partition coefficient (Wildman–Crippen LogP) is 0.345. The summed E-state index contributed by atoms with van der Waals surface area (Å²) >= 11 is 0. The summed E-state index contributed by atoms with van der Waals surface area (Å²) in [6.45, 7) is 5.20. The molecular formula is C6H11NO4P+. The maximum Gasteiger partial charge on any atom is 0.694 e. The molecule has 5 nitrogen and oxygen atoms in total. The van der Waals surface area contributed by atoms with Gasteiger partial charge in [0.25, 0.3) is 0 Å². The largest absolute Gasteiger partial charge is 0.694 e. The minimum atomic E-state index is -2.57. The zero-order chi connectivity index (χ0) is 9.56. The lowest BCUT2D eigenvalue weighted by atomic mass is 10.3. The Morgan fingerprint density at radius 3 is 2.75 bits per heavy atom. The average molecular weight is 192 g/mol. The van der Waals surface area contributed by atoms with E-state index in [9.17, 15) is 9.36 Å². The van der Waals surface area contributed by atoms with Crippen LogP contribution < -0.4 is 5.32 Å². The van der Waals surface area contributed by atoms with Gasteiger partial charge in [0.15, 0.2) is 0 Å². The van der Waals surface area contributed by atoms with Crippen LogP contribution in [0.2, 0.25) is 0 Å². The highest BCUT2D eigenvalue weighted by Gasteiger charge is 2.10. The number of rotatable bonds is 5. The Hall–Kier alpha value is -0.770. The van der Waals surface area contributed by atoms with Crippen molar-refractivity contribution >= 4 is 14.2 Å². The maximum atomic E-state index is 10.8. The van der Waals surface area contributed by atoms with Crippen LogP contribution in [0.1, 0.15) is 6.92 Å². The molecule has 0 aliphatic rings. The van der Waals surface area contributed by atoms with Crippen LogP contribution in [-0.2, 0) is 13.9 Å². The zero-order valence-electron chi connectivity index (χ0n) is 6.74. The van der Waals surface area contributed by atoms with E-state index in [0.29, 0.717) is 5.57 Å². The molecule has 0 aromatic rings. The van der Waals surface area contributed by atoms with Gasteiger partial charge in [-0.05, 0) is 6.92 Å². The van der Waals surface area contributed by atoms with Gasteiger partial charge in [0.2, 0.25) is 5.91 Å². The van der Waals surface area contributed by atoms with Crippen molar-refractivity contribution in [1.82, 2.24) is 5.32 Å². The summed E-state index contributed by atoms with van der Waals surface area (Å²) in [5, 5.41) is 2.43. The number of carbonyl (C=O) groups excluding carboxylic acids is 1.